The Morgan fingerprint density at radius 1 is 1.35 bits per heavy atom. The number of thioether (sulfide) groups is 1. The van der Waals surface area contributed by atoms with E-state index in [4.69, 9.17) is 4.74 Å². The predicted octanol–water partition coefficient (Wildman–Crippen LogP) is 3.20. The average molecular weight is 359 g/mol. The summed E-state index contributed by atoms with van der Waals surface area (Å²) < 4.78 is 5.43. The van der Waals surface area contributed by atoms with Crippen molar-refractivity contribution < 1.29 is 9.53 Å². The van der Waals surface area contributed by atoms with Crippen LogP contribution in [0.3, 0.4) is 0 Å². The Hall–Kier alpha value is -0.910. The lowest BCUT2D eigenvalue weighted by atomic mass is 10.2. The Morgan fingerprint density at radius 3 is 2.65 bits per heavy atom. The number of hydrogen-bond acceptors (Lipinski definition) is 4. The molecule has 1 atom stereocenters. The number of carbonyl (C=O) groups excluding carboxylic acids is 1. The quantitative estimate of drug-likeness (QED) is 0.724. The first-order valence-corrected chi connectivity index (χ1v) is 9.09. The lowest BCUT2D eigenvalue weighted by Crippen LogP contribution is -2.43. The van der Waals surface area contributed by atoms with Gasteiger partial charge in [0.05, 0.1) is 12.4 Å². The fourth-order valence-corrected chi connectivity index (χ4v) is 3.47. The van der Waals surface area contributed by atoms with Crippen molar-refractivity contribution in [3.8, 4) is 5.75 Å². The molecule has 1 N–H and O–H groups in total. The number of carbonyl (C=O) groups is 1. The van der Waals surface area contributed by atoms with E-state index in [1.54, 1.807) is 11.8 Å². The minimum absolute atomic E-state index is 0. The monoisotopic (exact) mass is 358 g/mol. The summed E-state index contributed by atoms with van der Waals surface area (Å²) in [6.45, 7) is 7.58. The van der Waals surface area contributed by atoms with Crippen molar-refractivity contribution in [2.45, 2.75) is 37.6 Å². The van der Waals surface area contributed by atoms with E-state index < -0.39 is 0 Å². The molecule has 1 aromatic carbocycles. The molecule has 2 rings (SSSR count). The number of rotatable bonds is 8. The van der Waals surface area contributed by atoms with Crippen LogP contribution in [0.1, 0.15) is 26.7 Å². The first-order valence-electron chi connectivity index (χ1n) is 8.10. The number of nitrogens with zero attached hydrogens (tertiary/aromatic N) is 1. The average Bonchev–Trinajstić information content (AvgIpc) is 3.06. The van der Waals surface area contributed by atoms with Gasteiger partial charge in [0, 0.05) is 24.0 Å². The predicted molar refractivity (Wildman–Crippen MR) is 98.9 cm³/mol. The van der Waals surface area contributed by atoms with Crippen molar-refractivity contribution in [2.24, 2.45) is 0 Å². The molecule has 1 aliphatic rings. The van der Waals surface area contributed by atoms with E-state index in [0.29, 0.717) is 18.4 Å². The molecule has 130 valence electrons. The minimum atomic E-state index is 0. The molecule has 4 nitrogen and oxygen atoms in total. The fourth-order valence-electron chi connectivity index (χ4n) is 2.68. The van der Waals surface area contributed by atoms with Gasteiger partial charge >= 0.3 is 0 Å². The third-order valence-electron chi connectivity index (χ3n) is 3.76. The van der Waals surface area contributed by atoms with Crippen molar-refractivity contribution in [2.75, 3.05) is 32.0 Å². The topological polar surface area (TPSA) is 41.6 Å². The Labute approximate surface area is 149 Å². The van der Waals surface area contributed by atoms with E-state index >= 15 is 0 Å². The maximum Gasteiger partial charge on any atom is 0.233 e. The highest BCUT2D eigenvalue weighted by molar-refractivity contribution is 8.00. The van der Waals surface area contributed by atoms with Crippen molar-refractivity contribution in [3.63, 3.8) is 0 Å². The first-order chi connectivity index (χ1) is 10.7. The molecule has 0 saturated carbocycles. The highest BCUT2D eigenvalue weighted by Crippen LogP contribution is 2.22. The van der Waals surface area contributed by atoms with E-state index in [2.05, 4.69) is 17.1 Å². The van der Waals surface area contributed by atoms with E-state index in [0.717, 1.165) is 43.1 Å². The Kier molecular flexibility index (Phi) is 9.44. The van der Waals surface area contributed by atoms with Gasteiger partial charge in [-0.2, -0.15) is 0 Å². The summed E-state index contributed by atoms with van der Waals surface area (Å²) in [5.41, 5.74) is 0. The molecule has 6 heteroatoms. The lowest BCUT2D eigenvalue weighted by Gasteiger charge is -2.28. The molecule has 1 heterocycles. The van der Waals surface area contributed by atoms with Crippen molar-refractivity contribution in [1.29, 1.82) is 0 Å². The molecule has 1 fully saturated rings. The summed E-state index contributed by atoms with van der Waals surface area (Å²) in [5, 5.41) is 3.34. The van der Waals surface area contributed by atoms with Crippen LogP contribution in [0, 0.1) is 0 Å². The summed E-state index contributed by atoms with van der Waals surface area (Å²) in [7, 11) is 0. The SMILES string of the molecule is CCCN(C(=O)CSc1ccc(OCC)cc1)C1CCNC1.Cl. The molecule has 1 aromatic rings. The molecule has 23 heavy (non-hydrogen) atoms. The van der Waals surface area contributed by atoms with Gasteiger partial charge in [-0.3, -0.25) is 4.79 Å². The summed E-state index contributed by atoms with van der Waals surface area (Å²) in [5.74, 6) is 1.63. The van der Waals surface area contributed by atoms with Gasteiger partial charge < -0.3 is 15.0 Å². The van der Waals surface area contributed by atoms with Crippen LogP contribution in [0.5, 0.6) is 5.75 Å². The molecule has 1 aliphatic heterocycles. The minimum Gasteiger partial charge on any atom is -0.494 e. The molecular weight excluding hydrogens is 332 g/mol. The van der Waals surface area contributed by atoms with E-state index in [1.807, 2.05) is 31.2 Å². The summed E-state index contributed by atoms with van der Waals surface area (Å²) >= 11 is 1.60. The molecule has 1 amide bonds. The van der Waals surface area contributed by atoms with Gasteiger partial charge in [-0.05, 0) is 50.6 Å². The second kappa shape index (κ2) is 10.8. The number of amides is 1. The normalized spacial score (nSPS) is 16.7. The molecular formula is C17H27ClN2O2S. The zero-order valence-electron chi connectivity index (χ0n) is 13.9. The van der Waals surface area contributed by atoms with Crippen LogP contribution in [0.25, 0.3) is 0 Å². The van der Waals surface area contributed by atoms with Crippen molar-refractivity contribution in [3.05, 3.63) is 24.3 Å². The summed E-state index contributed by atoms with van der Waals surface area (Å²) in [6, 6.07) is 8.32. The van der Waals surface area contributed by atoms with Crippen LogP contribution in [-0.4, -0.2) is 48.8 Å². The van der Waals surface area contributed by atoms with Crippen LogP contribution in [0.2, 0.25) is 0 Å². The summed E-state index contributed by atoms with van der Waals surface area (Å²) in [4.78, 5) is 15.7. The van der Waals surface area contributed by atoms with Crippen molar-refractivity contribution >= 4 is 30.1 Å². The van der Waals surface area contributed by atoms with Crippen LogP contribution >= 0.6 is 24.2 Å². The third-order valence-corrected chi connectivity index (χ3v) is 4.75. The van der Waals surface area contributed by atoms with Gasteiger partial charge in [0.25, 0.3) is 0 Å². The zero-order chi connectivity index (χ0) is 15.8. The number of nitrogens with one attached hydrogen (secondary N) is 1. The van der Waals surface area contributed by atoms with Crippen LogP contribution < -0.4 is 10.1 Å². The number of hydrogen-bond donors (Lipinski definition) is 1. The van der Waals surface area contributed by atoms with Crippen molar-refractivity contribution in [1.82, 2.24) is 10.2 Å². The summed E-state index contributed by atoms with van der Waals surface area (Å²) in [6.07, 6.45) is 2.08. The van der Waals surface area contributed by atoms with Crippen LogP contribution in [0.4, 0.5) is 0 Å². The van der Waals surface area contributed by atoms with Gasteiger partial charge in [-0.15, -0.1) is 24.2 Å². The van der Waals surface area contributed by atoms with Gasteiger partial charge in [-0.1, -0.05) is 6.92 Å². The van der Waals surface area contributed by atoms with E-state index in [1.165, 1.54) is 0 Å². The molecule has 1 saturated heterocycles. The maximum atomic E-state index is 12.5. The lowest BCUT2D eigenvalue weighted by molar-refractivity contribution is -0.130. The standard InChI is InChI=1S/C17H26N2O2S.ClH/c1-3-11-19(14-9-10-18-12-14)17(20)13-22-16-7-5-15(6-8-16)21-4-2;/h5-8,14,18H,3-4,9-13H2,1-2H3;1H. The van der Waals surface area contributed by atoms with E-state index in [9.17, 15) is 4.79 Å². The molecule has 1 unspecified atom stereocenters. The van der Waals surface area contributed by atoms with Gasteiger partial charge in [-0.25, -0.2) is 0 Å². The highest BCUT2D eigenvalue weighted by atomic mass is 35.5. The zero-order valence-corrected chi connectivity index (χ0v) is 15.5. The smallest absolute Gasteiger partial charge is 0.233 e. The van der Waals surface area contributed by atoms with E-state index in [-0.39, 0.29) is 18.3 Å². The molecule has 0 aromatic heterocycles. The number of ether oxygens (including phenoxy) is 1. The molecule has 0 aliphatic carbocycles. The third kappa shape index (κ3) is 6.24. The Morgan fingerprint density at radius 2 is 2.09 bits per heavy atom. The molecule has 0 bridgehead atoms. The number of halogens is 1. The first kappa shape index (κ1) is 20.1. The largest absolute Gasteiger partial charge is 0.494 e. The molecule has 0 spiro atoms. The van der Waals surface area contributed by atoms with Gasteiger partial charge in [0.15, 0.2) is 0 Å². The fraction of sp³-hybridized carbons (Fsp3) is 0.588. The highest BCUT2D eigenvalue weighted by Gasteiger charge is 2.25. The van der Waals surface area contributed by atoms with Crippen LogP contribution in [-0.2, 0) is 4.79 Å². The maximum absolute atomic E-state index is 12.5. The number of benzene rings is 1. The Balaban J connectivity index is 0.00000264. The second-order valence-electron chi connectivity index (χ2n) is 5.43. The van der Waals surface area contributed by atoms with Gasteiger partial charge in [0.1, 0.15) is 5.75 Å². The second-order valence-corrected chi connectivity index (χ2v) is 6.48. The van der Waals surface area contributed by atoms with Crippen LogP contribution in [0.15, 0.2) is 29.2 Å². The Bertz CT molecular complexity index is 464. The van der Waals surface area contributed by atoms with Gasteiger partial charge in [0.2, 0.25) is 5.91 Å². The molecule has 0 radical (unpaired) electrons.